The smallest absolute Gasteiger partial charge is 0.410 e. The van der Waals surface area contributed by atoms with Crippen molar-refractivity contribution < 1.29 is 19.4 Å². The van der Waals surface area contributed by atoms with Crippen LogP contribution in [0.15, 0.2) is 24.3 Å². The Balaban J connectivity index is 2.47. The lowest BCUT2D eigenvalue weighted by molar-refractivity contribution is -0.142. The molecule has 1 heterocycles. The number of rotatable bonds is 1. The van der Waals surface area contributed by atoms with Crippen LogP contribution in [0.25, 0.3) is 0 Å². The first-order valence-electron chi connectivity index (χ1n) is 5.80. The van der Waals surface area contributed by atoms with Gasteiger partial charge in [-0.2, -0.15) is 0 Å². The molecule has 0 radical (unpaired) electrons. The highest BCUT2D eigenvalue weighted by Gasteiger charge is 2.34. The summed E-state index contributed by atoms with van der Waals surface area (Å²) < 4.78 is 4.66. The van der Waals surface area contributed by atoms with Crippen molar-refractivity contribution in [3.05, 3.63) is 35.4 Å². The third-order valence-corrected chi connectivity index (χ3v) is 3.15. The maximum absolute atomic E-state index is 11.7. The summed E-state index contributed by atoms with van der Waals surface area (Å²) >= 11 is 0. The van der Waals surface area contributed by atoms with Crippen LogP contribution in [-0.2, 0) is 16.0 Å². The number of fused-ring (bicyclic) bond motifs is 1. The monoisotopic (exact) mass is 249 g/mol. The minimum absolute atomic E-state index is 0.387. The van der Waals surface area contributed by atoms with Crippen molar-refractivity contribution in [3.8, 4) is 0 Å². The number of carboxylic acid groups (broad SMARTS) is 1. The fourth-order valence-corrected chi connectivity index (χ4v) is 2.35. The average molecular weight is 249 g/mol. The minimum Gasteiger partial charge on any atom is -0.479 e. The van der Waals surface area contributed by atoms with Gasteiger partial charge in [-0.1, -0.05) is 24.3 Å². The van der Waals surface area contributed by atoms with E-state index in [1.165, 1.54) is 12.0 Å². The lowest BCUT2D eigenvalue weighted by atomic mass is 9.99. The number of ether oxygens (including phenoxy) is 1. The Morgan fingerprint density at radius 1 is 1.39 bits per heavy atom. The predicted molar refractivity (Wildman–Crippen MR) is 64.3 cm³/mol. The molecule has 1 N–H and O–H groups in total. The fraction of sp³-hybridized carbons (Fsp3) is 0.385. The van der Waals surface area contributed by atoms with Crippen LogP contribution in [0.2, 0.25) is 0 Å². The first-order valence-corrected chi connectivity index (χ1v) is 5.80. The van der Waals surface area contributed by atoms with Gasteiger partial charge in [-0.3, -0.25) is 4.90 Å². The number of hydrogen-bond acceptors (Lipinski definition) is 3. The zero-order valence-corrected chi connectivity index (χ0v) is 10.1. The first-order chi connectivity index (χ1) is 8.65. The lowest BCUT2D eigenvalue weighted by Gasteiger charge is -2.26. The van der Waals surface area contributed by atoms with E-state index in [4.69, 9.17) is 0 Å². The van der Waals surface area contributed by atoms with E-state index in [1.807, 2.05) is 12.1 Å². The highest BCUT2D eigenvalue weighted by Crippen LogP contribution is 2.29. The summed E-state index contributed by atoms with van der Waals surface area (Å²) in [5, 5.41) is 9.38. The van der Waals surface area contributed by atoms with Gasteiger partial charge in [0.2, 0.25) is 0 Å². The van der Waals surface area contributed by atoms with Crippen molar-refractivity contribution in [2.75, 3.05) is 13.7 Å². The van der Waals surface area contributed by atoms with Crippen LogP contribution in [0, 0.1) is 0 Å². The average Bonchev–Trinajstić information content (AvgIpc) is 2.56. The molecule has 1 aliphatic rings. The molecule has 0 unspecified atom stereocenters. The van der Waals surface area contributed by atoms with Gasteiger partial charge in [0, 0.05) is 6.54 Å². The number of nitrogens with zero attached hydrogens (tertiary/aromatic N) is 1. The molecule has 18 heavy (non-hydrogen) atoms. The Labute approximate surface area is 105 Å². The van der Waals surface area contributed by atoms with E-state index >= 15 is 0 Å². The SMILES string of the molecule is COC(=O)N1CCCc2ccccc2[C@H]1C(=O)O. The molecule has 0 bridgehead atoms. The van der Waals surface area contributed by atoms with Crippen molar-refractivity contribution in [3.63, 3.8) is 0 Å². The molecule has 0 spiro atoms. The second-order valence-corrected chi connectivity index (χ2v) is 4.21. The highest BCUT2D eigenvalue weighted by atomic mass is 16.5. The number of carbonyl (C=O) groups excluding carboxylic acids is 1. The van der Waals surface area contributed by atoms with Gasteiger partial charge in [-0.15, -0.1) is 0 Å². The minimum atomic E-state index is -1.03. The third-order valence-electron chi connectivity index (χ3n) is 3.15. The molecule has 2 rings (SSSR count). The molecule has 1 atom stereocenters. The summed E-state index contributed by atoms with van der Waals surface area (Å²) in [5.41, 5.74) is 1.66. The zero-order valence-electron chi connectivity index (χ0n) is 10.1. The molecule has 0 saturated carbocycles. The van der Waals surface area contributed by atoms with Crippen LogP contribution >= 0.6 is 0 Å². The molecule has 1 aliphatic heterocycles. The van der Waals surface area contributed by atoms with Crippen LogP contribution in [0.3, 0.4) is 0 Å². The van der Waals surface area contributed by atoms with Crippen LogP contribution < -0.4 is 0 Å². The van der Waals surface area contributed by atoms with E-state index in [0.717, 1.165) is 18.4 Å². The van der Waals surface area contributed by atoms with E-state index < -0.39 is 18.1 Å². The summed E-state index contributed by atoms with van der Waals surface area (Å²) in [6.07, 6.45) is 0.905. The van der Waals surface area contributed by atoms with Crippen molar-refractivity contribution in [1.82, 2.24) is 4.90 Å². The van der Waals surface area contributed by atoms with E-state index in [0.29, 0.717) is 12.1 Å². The molecule has 5 nitrogen and oxygen atoms in total. The number of carboxylic acids is 1. The van der Waals surface area contributed by atoms with Gasteiger partial charge in [0.1, 0.15) is 0 Å². The van der Waals surface area contributed by atoms with Gasteiger partial charge in [0.05, 0.1) is 7.11 Å². The fourth-order valence-electron chi connectivity index (χ4n) is 2.35. The summed E-state index contributed by atoms with van der Waals surface area (Å²) in [6.45, 7) is 0.387. The van der Waals surface area contributed by atoms with Crippen molar-refractivity contribution in [2.24, 2.45) is 0 Å². The molecule has 96 valence electrons. The summed E-state index contributed by atoms with van der Waals surface area (Å²) in [5.74, 6) is -1.03. The van der Waals surface area contributed by atoms with Crippen molar-refractivity contribution in [2.45, 2.75) is 18.9 Å². The number of aryl methyl sites for hydroxylation is 1. The molecular weight excluding hydrogens is 234 g/mol. The molecule has 1 aromatic rings. The van der Waals surface area contributed by atoms with Gasteiger partial charge in [0.25, 0.3) is 0 Å². The van der Waals surface area contributed by atoms with E-state index in [1.54, 1.807) is 12.1 Å². The quantitative estimate of drug-likeness (QED) is 0.824. The molecule has 0 aliphatic carbocycles. The highest BCUT2D eigenvalue weighted by molar-refractivity contribution is 5.82. The largest absolute Gasteiger partial charge is 0.479 e. The van der Waals surface area contributed by atoms with Crippen LogP contribution in [0.5, 0.6) is 0 Å². The normalized spacial score (nSPS) is 18.7. The summed E-state index contributed by atoms with van der Waals surface area (Å²) in [6, 6.07) is 6.37. The van der Waals surface area contributed by atoms with Crippen LogP contribution in [0.1, 0.15) is 23.6 Å². The second kappa shape index (κ2) is 5.08. The van der Waals surface area contributed by atoms with Gasteiger partial charge < -0.3 is 9.84 Å². The van der Waals surface area contributed by atoms with Gasteiger partial charge >= 0.3 is 12.1 Å². The van der Waals surface area contributed by atoms with Crippen molar-refractivity contribution >= 4 is 12.1 Å². The van der Waals surface area contributed by atoms with Gasteiger partial charge in [-0.05, 0) is 24.0 Å². The molecule has 0 saturated heterocycles. The van der Waals surface area contributed by atoms with Crippen LogP contribution in [-0.4, -0.2) is 35.7 Å². The van der Waals surface area contributed by atoms with Gasteiger partial charge in [-0.25, -0.2) is 9.59 Å². The molecule has 0 aromatic heterocycles. The third kappa shape index (κ3) is 2.16. The molecule has 5 heteroatoms. The zero-order chi connectivity index (χ0) is 13.1. The standard InChI is InChI=1S/C13H15NO4/c1-18-13(17)14-8-4-6-9-5-2-3-7-10(9)11(14)12(15)16/h2-3,5,7,11H,4,6,8H2,1H3,(H,15,16)/t11-/m0/s1. The number of methoxy groups -OCH3 is 1. The topological polar surface area (TPSA) is 66.8 Å². The Hall–Kier alpha value is -2.04. The molecule has 1 amide bonds. The number of amides is 1. The number of hydrogen-bond donors (Lipinski definition) is 1. The molecular formula is C13H15NO4. The molecule has 1 aromatic carbocycles. The van der Waals surface area contributed by atoms with Crippen LogP contribution in [0.4, 0.5) is 4.79 Å². The first kappa shape index (κ1) is 12.4. The Kier molecular flexibility index (Phi) is 3.50. The van der Waals surface area contributed by atoms with Gasteiger partial charge in [0.15, 0.2) is 6.04 Å². The number of carbonyl (C=O) groups is 2. The Bertz CT molecular complexity index is 472. The predicted octanol–water partition coefficient (Wildman–Crippen LogP) is 1.83. The number of aliphatic carboxylic acids is 1. The number of benzene rings is 1. The van der Waals surface area contributed by atoms with E-state index in [2.05, 4.69) is 4.74 Å². The summed E-state index contributed by atoms with van der Waals surface area (Å²) in [4.78, 5) is 24.4. The second-order valence-electron chi connectivity index (χ2n) is 4.21. The Morgan fingerprint density at radius 3 is 2.78 bits per heavy atom. The maximum atomic E-state index is 11.7. The summed E-state index contributed by atoms with van der Waals surface area (Å²) in [7, 11) is 1.26. The lowest BCUT2D eigenvalue weighted by Crippen LogP contribution is -2.38. The maximum Gasteiger partial charge on any atom is 0.410 e. The Morgan fingerprint density at radius 2 is 2.11 bits per heavy atom. The van der Waals surface area contributed by atoms with E-state index in [9.17, 15) is 14.7 Å². The van der Waals surface area contributed by atoms with E-state index in [-0.39, 0.29) is 0 Å². The van der Waals surface area contributed by atoms with Crippen molar-refractivity contribution in [1.29, 1.82) is 0 Å². The molecule has 0 fully saturated rings.